The summed E-state index contributed by atoms with van der Waals surface area (Å²) < 4.78 is 2.23. The summed E-state index contributed by atoms with van der Waals surface area (Å²) in [6.45, 7) is 7.68. The van der Waals surface area contributed by atoms with Gasteiger partial charge < -0.3 is 0 Å². The maximum atomic E-state index is 4.65. The van der Waals surface area contributed by atoms with E-state index in [1.54, 1.807) is 0 Å². The Labute approximate surface area is 96.4 Å². The van der Waals surface area contributed by atoms with Crippen LogP contribution in [0.15, 0.2) is 0 Å². The minimum atomic E-state index is 0.845. The van der Waals surface area contributed by atoms with Crippen molar-refractivity contribution in [1.29, 1.82) is 0 Å². The molecule has 0 aromatic carbocycles. The van der Waals surface area contributed by atoms with Gasteiger partial charge in [0.1, 0.15) is 0 Å². The Bertz CT molecular complexity index is 338. The topological polar surface area (TPSA) is 17.8 Å². The molecular weight excluding hydrogens is 204 g/mol. The molecule has 0 aliphatic carbocycles. The fourth-order valence-corrected chi connectivity index (χ4v) is 3.67. The quantitative estimate of drug-likeness (QED) is 0.785. The van der Waals surface area contributed by atoms with Gasteiger partial charge in [-0.25, -0.2) is 0 Å². The zero-order chi connectivity index (χ0) is 10.8. The Hall–Kier alpha value is -0.440. The van der Waals surface area contributed by atoms with E-state index in [2.05, 4.69) is 42.3 Å². The van der Waals surface area contributed by atoms with Gasteiger partial charge in [-0.3, -0.25) is 4.68 Å². The molecule has 1 atom stereocenters. The normalized spacial score (nSPS) is 21.1. The predicted molar refractivity (Wildman–Crippen MR) is 66.5 cm³/mol. The van der Waals surface area contributed by atoms with Gasteiger partial charge in [-0.1, -0.05) is 6.92 Å². The van der Waals surface area contributed by atoms with E-state index in [9.17, 15) is 0 Å². The summed E-state index contributed by atoms with van der Waals surface area (Å²) in [5.41, 5.74) is 4.05. The number of aryl methyl sites for hydroxylation is 1. The second-order valence-corrected chi connectivity index (χ2v) is 5.56. The summed E-state index contributed by atoms with van der Waals surface area (Å²) in [6.07, 6.45) is 2.47. The van der Waals surface area contributed by atoms with Gasteiger partial charge in [0.15, 0.2) is 0 Å². The molecule has 1 aromatic rings. The first-order chi connectivity index (χ1) is 7.22. The average molecular weight is 224 g/mol. The van der Waals surface area contributed by atoms with E-state index in [1.165, 1.54) is 34.9 Å². The highest BCUT2D eigenvalue weighted by Gasteiger charge is 2.18. The molecule has 1 fully saturated rings. The number of aromatic nitrogens is 2. The summed E-state index contributed by atoms with van der Waals surface area (Å²) in [6, 6.07) is 0. The molecule has 3 heteroatoms. The first-order valence-corrected chi connectivity index (χ1v) is 6.98. The average Bonchev–Trinajstić information content (AvgIpc) is 2.78. The Balaban J connectivity index is 2.13. The van der Waals surface area contributed by atoms with Crippen molar-refractivity contribution in [3.63, 3.8) is 0 Å². The zero-order valence-corrected chi connectivity index (χ0v) is 10.7. The zero-order valence-electron chi connectivity index (χ0n) is 9.92. The van der Waals surface area contributed by atoms with Gasteiger partial charge in [-0.15, -0.1) is 0 Å². The second kappa shape index (κ2) is 4.60. The standard InChI is InChI=1S/C12H20N2S/c1-4-12-9(2)13-14(10(12)3)7-11-5-6-15-8-11/h11H,4-8H2,1-3H3. The predicted octanol–water partition coefficient (Wildman–Crippen LogP) is 2.82. The Morgan fingerprint density at radius 2 is 2.27 bits per heavy atom. The van der Waals surface area contributed by atoms with Gasteiger partial charge >= 0.3 is 0 Å². The van der Waals surface area contributed by atoms with Crippen LogP contribution in [0, 0.1) is 19.8 Å². The highest BCUT2D eigenvalue weighted by Crippen LogP contribution is 2.25. The van der Waals surface area contributed by atoms with Crippen molar-refractivity contribution in [3.05, 3.63) is 17.0 Å². The molecule has 0 saturated carbocycles. The maximum absolute atomic E-state index is 4.65. The lowest BCUT2D eigenvalue weighted by molar-refractivity contribution is 0.450. The third-order valence-corrected chi connectivity index (χ3v) is 4.57. The van der Waals surface area contributed by atoms with Gasteiger partial charge in [-0.2, -0.15) is 16.9 Å². The molecule has 1 aromatic heterocycles. The summed E-state index contributed by atoms with van der Waals surface area (Å²) in [5, 5.41) is 4.65. The van der Waals surface area contributed by atoms with E-state index < -0.39 is 0 Å². The van der Waals surface area contributed by atoms with E-state index in [0.29, 0.717) is 0 Å². The van der Waals surface area contributed by atoms with Crippen LogP contribution in [0.5, 0.6) is 0 Å². The molecule has 0 amide bonds. The van der Waals surface area contributed by atoms with Crippen LogP contribution in [0.4, 0.5) is 0 Å². The minimum absolute atomic E-state index is 0.845. The summed E-state index contributed by atoms with van der Waals surface area (Å²) >= 11 is 2.08. The lowest BCUT2D eigenvalue weighted by Gasteiger charge is -2.10. The number of nitrogens with zero attached hydrogens (tertiary/aromatic N) is 2. The van der Waals surface area contributed by atoms with Gasteiger partial charge in [0.2, 0.25) is 0 Å². The van der Waals surface area contributed by atoms with Crippen LogP contribution in [0.3, 0.4) is 0 Å². The first-order valence-electron chi connectivity index (χ1n) is 5.83. The lowest BCUT2D eigenvalue weighted by atomic mass is 10.1. The van der Waals surface area contributed by atoms with Crippen molar-refractivity contribution in [2.24, 2.45) is 5.92 Å². The summed E-state index contributed by atoms with van der Waals surface area (Å²) in [4.78, 5) is 0. The minimum Gasteiger partial charge on any atom is -0.269 e. The van der Waals surface area contributed by atoms with Crippen LogP contribution >= 0.6 is 11.8 Å². The highest BCUT2D eigenvalue weighted by molar-refractivity contribution is 7.99. The van der Waals surface area contributed by atoms with Crippen LogP contribution in [0.1, 0.15) is 30.3 Å². The monoisotopic (exact) mass is 224 g/mol. The van der Waals surface area contributed by atoms with Crippen molar-refractivity contribution in [3.8, 4) is 0 Å². The third kappa shape index (κ3) is 2.22. The number of rotatable bonds is 3. The molecule has 2 nitrogen and oxygen atoms in total. The number of thioether (sulfide) groups is 1. The van der Waals surface area contributed by atoms with Gasteiger partial charge in [0.05, 0.1) is 5.69 Å². The van der Waals surface area contributed by atoms with E-state index in [0.717, 1.165) is 18.9 Å². The van der Waals surface area contributed by atoms with Crippen LogP contribution in [0.2, 0.25) is 0 Å². The highest BCUT2D eigenvalue weighted by atomic mass is 32.2. The van der Waals surface area contributed by atoms with Crippen molar-refractivity contribution in [2.75, 3.05) is 11.5 Å². The van der Waals surface area contributed by atoms with Crippen LogP contribution < -0.4 is 0 Å². The van der Waals surface area contributed by atoms with Crippen molar-refractivity contribution in [2.45, 2.75) is 40.2 Å². The largest absolute Gasteiger partial charge is 0.269 e. The molecule has 1 aliphatic rings. The molecule has 0 N–H and O–H groups in total. The second-order valence-electron chi connectivity index (χ2n) is 4.41. The SMILES string of the molecule is CCc1c(C)nn(CC2CCSC2)c1C. The van der Waals surface area contributed by atoms with Crippen molar-refractivity contribution >= 4 is 11.8 Å². The molecular formula is C12H20N2S. The molecule has 1 aliphatic heterocycles. The molecule has 0 spiro atoms. The van der Waals surface area contributed by atoms with Crippen LogP contribution in [-0.2, 0) is 13.0 Å². The van der Waals surface area contributed by atoms with E-state index in [-0.39, 0.29) is 0 Å². The molecule has 0 radical (unpaired) electrons. The molecule has 84 valence electrons. The Morgan fingerprint density at radius 1 is 1.47 bits per heavy atom. The Morgan fingerprint density at radius 3 is 2.80 bits per heavy atom. The fraction of sp³-hybridized carbons (Fsp3) is 0.750. The van der Waals surface area contributed by atoms with Crippen molar-refractivity contribution < 1.29 is 0 Å². The molecule has 15 heavy (non-hydrogen) atoms. The number of hydrogen-bond acceptors (Lipinski definition) is 2. The maximum Gasteiger partial charge on any atom is 0.0628 e. The smallest absolute Gasteiger partial charge is 0.0628 e. The molecule has 2 rings (SSSR count). The first kappa shape index (κ1) is 11.1. The van der Waals surface area contributed by atoms with Gasteiger partial charge in [0.25, 0.3) is 0 Å². The molecule has 1 saturated heterocycles. The van der Waals surface area contributed by atoms with E-state index in [4.69, 9.17) is 0 Å². The lowest BCUT2D eigenvalue weighted by Crippen LogP contribution is -2.12. The Kier molecular flexibility index (Phi) is 3.39. The summed E-state index contributed by atoms with van der Waals surface area (Å²) in [7, 11) is 0. The molecule has 0 bridgehead atoms. The van der Waals surface area contributed by atoms with Crippen molar-refractivity contribution in [1.82, 2.24) is 9.78 Å². The van der Waals surface area contributed by atoms with Crippen LogP contribution in [0.25, 0.3) is 0 Å². The van der Waals surface area contributed by atoms with E-state index >= 15 is 0 Å². The fourth-order valence-electron chi connectivity index (χ4n) is 2.40. The van der Waals surface area contributed by atoms with Crippen LogP contribution in [-0.4, -0.2) is 21.3 Å². The summed E-state index contributed by atoms with van der Waals surface area (Å²) in [5.74, 6) is 3.50. The number of hydrogen-bond donors (Lipinski definition) is 0. The van der Waals surface area contributed by atoms with Gasteiger partial charge in [-0.05, 0) is 49.7 Å². The molecule has 2 heterocycles. The third-order valence-electron chi connectivity index (χ3n) is 3.34. The molecule has 1 unspecified atom stereocenters. The van der Waals surface area contributed by atoms with Gasteiger partial charge in [0, 0.05) is 12.2 Å². The van der Waals surface area contributed by atoms with E-state index in [1.807, 2.05) is 0 Å².